The molecule has 2 atom stereocenters. The second-order valence-electron chi connectivity index (χ2n) is 5.24. The Hall–Kier alpha value is -0.710. The molecule has 1 fully saturated rings. The number of hydrogen-bond donors (Lipinski definition) is 0. The summed E-state index contributed by atoms with van der Waals surface area (Å²) in [5.41, 5.74) is 0. The number of esters is 2. The minimum atomic E-state index is -0.148. The predicted molar refractivity (Wildman–Crippen MR) is 92.0 cm³/mol. The van der Waals surface area contributed by atoms with Crippen molar-refractivity contribution in [3.8, 4) is 0 Å². The first-order valence-electron chi connectivity index (χ1n) is 8.51. The smallest absolute Gasteiger partial charge is 0.308 e. The maximum absolute atomic E-state index is 11.9. The molecule has 4 nitrogen and oxygen atoms in total. The SMILES string of the molecule is CC.CCCCOC(=O)C1CCCC(C(=O)OCCSC)C1. The number of hydrogen-bond acceptors (Lipinski definition) is 5. The average molecular weight is 333 g/mol. The topological polar surface area (TPSA) is 52.6 Å². The Balaban J connectivity index is 0.00000211. The molecule has 5 heteroatoms. The van der Waals surface area contributed by atoms with Crippen molar-refractivity contribution in [2.24, 2.45) is 11.8 Å². The molecular weight excluding hydrogens is 300 g/mol. The highest BCUT2D eigenvalue weighted by atomic mass is 32.2. The normalized spacial score (nSPS) is 20.5. The van der Waals surface area contributed by atoms with Crippen LogP contribution in [-0.4, -0.2) is 37.2 Å². The third-order valence-electron chi connectivity index (χ3n) is 3.61. The zero-order valence-electron chi connectivity index (χ0n) is 14.6. The first-order chi connectivity index (χ1) is 10.7. The van der Waals surface area contributed by atoms with Gasteiger partial charge >= 0.3 is 11.9 Å². The van der Waals surface area contributed by atoms with Crippen molar-refractivity contribution in [2.45, 2.75) is 59.3 Å². The van der Waals surface area contributed by atoms with Crippen LogP contribution in [0.15, 0.2) is 0 Å². The van der Waals surface area contributed by atoms with E-state index < -0.39 is 0 Å². The third kappa shape index (κ3) is 8.66. The van der Waals surface area contributed by atoms with Crippen molar-refractivity contribution in [3.05, 3.63) is 0 Å². The van der Waals surface area contributed by atoms with Crippen LogP contribution in [0.1, 0.15) is 59.3 Å². The molecule has 130 valence electrons. The number of carbonyl (C=O) groups excluding carboxylic acids is 2. The van der Waals surface area contributed by atoms with E-state index in [1.807, 2.05) is 20.1 Å². The molecule has 1 aliphatic carbocycles. The number of rotatable bonds is 8. The zero-order chi connectivity index (χ0) is 16.8. The summed E-state index contributed by atoms with van der Waals surface area (Å²) in [5.74, 6) is 0.277. The van der Waals surface area contributed by atoms with Gasteiger partial charge in [-0.1, -0.05) is 33.6 Å². The maximum atomic E-state index is 11.9. The number of carbonyl (C=O) groups is 2. The van der Waals surface area contributed by atoms with Gasteiger partial charge in [0.2, 0.25) is 0 Å². The molecule has 1 aliphatic rings. The first-order valence-corrected chi connectivity index (χ1v) is 9.90. The van der Waals surface area contributed by atoms with Crippen LogP contribution in [0.4, 0.5) is 0 Å². The molecule has 0 N–H and O–H groups in total. The molecule has 0 heterocycles. The summed E-state index contributed by atoms with van der Waals surface area (Å²) in [6.45, 7) is 7.02. The van der Waals surface area contributed by atoms with Crippen molar-refractivity contribution in [1.29, 1.82) is 0 Å². The summed E-state index contributed by atoms with van der Waals surface area (Å²) in [6.07, 6.45) is 7.05. The average Bonchev–Trinajstić information content (AvgIpc) is 2.57. The van der Waals surface area contributed by atoms with E-state index in [1.54, 1.807) is 11.8 Å². The van der Waals surface area contributed by atoms with Crippen molar-refractivity contribution < 1.29 is 19.1 Å². The van der Waals surface area contributed by atoms with Gasteiger partial charge in [0, 0.05) is 5.75 Å². The Morgan fingerprint density at radius 1 is 1.05 bits per heavy atom. The third-order valence-corrected chi connectivity index (χ3v) is 4.19. The predicted octanol–water partition coefficient (Wildman–Crippen LogP) is 4.07. The molecule has 0 aliphatic heterocycles. The van der Waals surface area contributed by atoms with Crippen molar-refractivity contribution >= 4 is 23.7 Å². The van der Waals surface area contributed by atoms with Gasteiger partial charge in [-0.25, -0.2) is 0 Å². The van der Waals surface area contributed by atoms with Gasteiger partial charge in [0.25, 0.3) is 0 Å². The van der Waals surface area contributed by atoms with Gasteiger partial charge in [-0.15, -0.1) is 0 Å². The molecule has 22 heavy (non-hydrogen) atoms. The minimum absolute atomic E-state index is 0.126. The minimum Gasteiger partial charge on any atom is -0.465 e. The van der Waals surface area contributed by atoms with Gasteiger partial charge in [-0.2, -0.15) is 11.8 Å². The summed E-state index contributed by atoms with van der Waals surface area (Å²) in [5, 5.41) is 0. The molecule has 0 bridgehead atoms. The molecular formula is C17H32O4S. The van der Waals surface area contributed by atoms with Gasteiger partial charge in [0.05, 0.1) is 18.4 Å². The van der Waals surface area contributed by atoms with Crippen LogP contribution in [0.2, 0.25) is 0 Å². The molecule has 1 saturated carbocycles. The number of ether oxygens (including phenoxy) is 2. The van der Waals surface area contributed by atoms with E-state index in [2.05, 4.69) is 6.92 Å². The van der Waals surface area contributed by atoms with Gasteiger partial charge in [0.15, 0.2) is 0 Å². The van der Waals surface area contributed by atoms with Crippen LogP contribution in [0.25, 0.3) is 0 Å². The van der Waals surface area contributed by atoms with Gasteiger partial charge in [-0.3, -0.25) is 9.59 Å². The Morgan fingerprint density at radius 2 is 1.59 bits per heavy atom. The number of thioether (sulfide) groups is 1. The number of unbranched alkanes of at least 4 members (excludes halogenated alkanes) is 1. The summed E-state index contributed by atoms with van der Waals surface area (Å²) in [4.78, 5) is 23.8. The Bertz CT molecular complexity index is 279. The lowest BCUT2D eigenvalue weighted by atomic mass is 9.81. The quantitative estimate of drug-likeness (QED) is 0.495. The van der Waals surface area contributed by atoms with Gasteiger partial charge < -0.3 is 9.47 Å². The molecule has 0 radical (unpaired) electrons. The van der Waals surface area contributed by atoms with Crippen LogP contribution >= 0.6 is 11.8 Å². The van der Waals surface area contributed by atoms with Crippen LogP contribution in [-0.2, 0) is 19.1 Å². The lowest BCUT2D eigenvalue weighted by Gasteiger charge is -2.26. The summed E-state index contributed by atoms with van der Waals surface area (Å²) in [6, 6.07) is 0. The molecule has 0 aromatic heterocycles. The maximum Gasteiger partial charge on any atom is 0.308 e. The van der Waals surface area contributed by atoms with Crippen molar-refractivity contribution in [2.75, 3.05) is 25.2 Å². The van der Waals surface area contributed by atoms with E-state index >= 15 is 0 Å². The fourth-order valence-corrected chi connectivity index (χ4v) is 2.65. The van der Waals surface area contributed by atoms with Crippen LogP contribution in [0.3, 0.4) is 0 Å². The largest absolute Gasteiger partial charge is 0.465 e. The highest BCUT2D eigenvalue weighted by Crippen LogP contribution is 2.30. The second-order valence-corrected chi connectivity index (χ2v) is 6.23. The molecule has 0 aromatic carbocycles. The van der Waals surface area contributed by atoms with E-state index in [9.17, 15) is 9.59 Å². The Kier molecular flexibility index (Phi) is 13.5. The molecule has 0 amide bonds. The Labute approximate surface area is 139 Å². The van der Waals surface area contributed by atoms with Crippen molar-refractivity contribution in [1.82, 2.24) is 0 Å². The monoisotopic (exact) mass is 332 g/mol. The Morgan fingerprint density at radius 3 is 2.09 bits per heavy atom. The van der Waals surface area contributed by atoms with Crippen LogP contribution in [0.5, 0.6) is 0 Å². The fourth-order valence-electron chi connectivity index (χ4n) is 2.40. The zero-order valence-corrected chi connectivity index (χ0v) is 15.4. The second kappa shape index (κ2) is 13.9. The van der Waals surface area contributed by atoms with Crippen molar-refractivity contribution in [3.63, 3.8) is 0 Å². The fraction of sp³-hybridized carbons (Fsp3) is 0.882. The van der Waals surface area contributed by atoms with Crippen LogP contribution < -0.4 is 0 Å². The van der Waals surface area contributed by atoms with E-state index in [1.165, 1.54) is 0 Å². The highest BCUT2D eigenvalue weighted by Gasteiger charge is 2.32. The van der Waals surface area contributed by atoms with E-state index in [0.29, 0.717) is 19.6 Å². The molecule has 2 unspecified atom stereocenters. The molecule has 0 spiro atoms. The summed E-state index contributed by atoms with van der Waals surface area (Å²) < 4.78 is 10.5. The molecule has 1 rings (SSSR count). The standard InChI is InChI=1S/C15H26O4S.C2H6/c1-3-4-8-18-14(16)12-6-5-7-13(11-12)15(17)19-9-10-20-2;1-2/h12-13H,3-11H2,1-2H3;1-2H3. The lowest BCUT2D eigenvalue weighted by Crippen LogP contribution is -2.30. The molecule has 0 saturated heterocycles. The lowest BCUT2D eigenvalue weighted by molar-refractivity contribution is -0.154. The van der Waals surface area contributed by atoms with Crippen LogP contribution in [0, 0.1) is 11.8 Å². The van der Waals surface area contributed by atoms with Gasteiger partial charge in [0.1, 0.15) is 6.61 Å². The van der Waals surface area contributed by atoms with E-state index in [-0.39, 0.29) is 23.8 Å². The van der Waals surface area contributed by atoms with E-state index in [0.717, 1.165) is 37.9 Å². The summed E-state index contributed by atoms with van der Waals surface area (Å²) >= 11 is 1.66. The first kappa shape index (κ1) is 21.3. The highest BCUT2D eigenvalue weighted by molar-refractivity contribution is 7.98. The molecule has 0 aromatic rings. The van der Waals surface area contributed by atoms with Gasteiger partial charge in [-0.05, 0) is 31.9 Å². The van der Waals surface area contributed by atoms with E-state index in [4.69, 9.17) is 9.47 Å². The summed E-state index contributed by atoms with van der Waals surface area (Å²) in [7, 11) is 0.